The average molecular weight is 335 g/mol. The lowest BCUT2D eigenvalue weighted by Crippen LogP contribution is -2.39. The summed E-state index contributed by atoms with van der Waals surface area (Å²) in [5.41, 5.74) is 0.413. The van der Waals surface area contributed by atoms with E-state index in [4.69, 9.17) is 4.74 Å². The van der Waals surface area contributed by atoms with Crippen molar-refractivity contribution in [2.24, 2.45) is 0 Å². The van der Waals surface area contributed by atoms with E-state index in [0.29, 0.717) is 11.5 Å². The summed E-state index contributed by atoms with van der Waals surface area (Å²) in [4.78, 5) is 25.2. The summed E-state index contributed by atoms with van der Waals surface area (Å²) in [6, 6.07) is 0. The minimum atomic E-state index is -0.0360. The molecule has 0 bridgehead atoms. The molecule has 2 heterocycles. The van der Waals surface area contributed by atoms with Crippen LogP contribution < -0.4 is 5.32 Å². The van der Waals surface area contributed by atoms with Gasteiger partial charge in [-0.2, -0.15) is 0 Å². The van der Waals surface area contributed by atoms with Crippen LogP contribution in [-0.2, 0) is 4.74 Å². The first-order chi connectivity index (χ1) is 11.7. The smallest absolute Gasteiger partial charge is 0.274 e. The van der Waals surface area contributed by atoms with E-state index in [1.165, 1.54) is 0 Å². The van der Waals surface area contributed by atoms with Gasteiger partial charge in [-0.05, 0) is 12.8 Å². The van der Waals surface area contributed by atoms with Gasteiger partial charge in [-0.3, -0.25) is 9.69 Å². The highest BCUT2D eigenvalue weighted by molar-refractivity contribution is 5.92. The molecular weight excluding hydrogens is 306 g/mol. The average Bonchev–Trinajstić information content (AvgIpc) is 2.62. The van der Waals surface area contributed by atoms with E-state index in [2.05, 4.69) is 34.0 Å². The molecule has 0 radical (unpaired) electrons. The fourth-order valence-corrected chi connectivity index (χ4v) is 2.71. The fraction of sp³-hybridized carbons (Fsp3) is 0.706. The molecule has 0 atom stereocenters. The van der Waals surface area contributed by atoms with Gasteiger partial charge < -0.3 is 15.0 Å². The Hall–Kier alpha value is -1.73. The molecule has 7 nitrogen and oxygen atoms in total. The summed E-state index contributed by atoms with van der Waals surface area (Å²) in [6.45, 7) is 11.0. The van der Waals surface area contributed by atoms with E-state index in [1.54, 1.807) is 12.4 Å². The summed E-state index contributed by atoms with van der Waals surface area (Å²) in [5, 5.41) is 3.26. The molecule has 1 aromatic heterocycles. The standard InChI is InChI=1S/C17H29N5O2/c1-3-6-22(7-4-2)17(23)15-13-20-16(14-19-15)18-5-8-21-9-11-24-12-10-21/h13-14H,3-12H2,1-2H3,(H,18,20). The third-order valence-electron chi connectivity index (χ3n) is 3.98. The Morgan fingerprint density at radius 2 is 1.92 bits per heavy atom. The van der Waals surface area contributed by atoms with Gasteiger partial charge in [0.05, 0.1) is 25.6 Å². The van der Waals surface area contributed by atoms with Gasteiger partial charge in [-0.25, -0.2) is 9.97 Å². The van der Waals surface area contributed by atoms with Crippen molar-refractivity contribution in [1.29, 1.82) is 0 Å². The molecule has 1 amide bonds. The number of nitrogens with one attached hydrogen (secondary N) is 1. The maximum atomic E-state index is 12.4. The van der Waals surface area contributed by atoms with Crippen LogP contribution in [0.15, 0.2) is 12.4 Å². The first kappa shape index (κ1) is 18.6. The van der Waals surface area contributed by atoms with E-state index in [1.807, 2.05) is 4.90 Å². The Balaban J connectivity index is 1.81. The number of morpholine rings is 1. The Labute approximate surface area is 144 Å². The third-order valence-corrected chi connectivity index (χ3v) is 3.98. The van der Waals surface area contributed by atoms with Crippen LogP contribution in [0.2, 0.25) is 0 Å². The van der Waals surface area contributed by atoms with Gasteiger partial charge in [0, 0.05) is 39.3 Å². The second-order valence-corrected chi connectivity index (χ2v) is 5.96. The number of hydrogen-bond donors (Lipinski definition) is 1. The normalized spacial score (nSPS) is 15.2. The number of hydrogen-bond acceptors (Lipinski definition) is 6. The fourth-order valence-electron chi connectivity index (χ4n) is 2.71. The van der Waals surface area contributed by atoms with Crippen LogP contribution in [0.5, 0.6) is 0 Å². The Morgan fingerprint density at radius 3 is 2.50 bits per heavy atom. The summed E-state index contributed by atoms with van der Waals surface area (Å²) in [6.07, 6.45) is 5.10. The number of carbonyl (C=O) groups is 1. The second-order valence-electron chi connectivity index (χ2n) is 5.96. The lowest BCUT2D eigenvalue weighted by Gasteiger charge is -2.26. The number of aromatic nitrogens is 2. The van der Waals surface area contributed by atoms with Crippen LogP contribution in [0.4, 0.5) is 5.82 Å². The predicted molar refractivity (Wildman–Crippen MR) is 94.3 cm³/mol. The summed E-state index contributed by atoms with van der Waals surface area (Å²) < 4.78 is 5.33. The molecule has 0 saturated carbocycles. The number of carbonyl (C=O) groups excluding carboxylic acids is 1. The topological polar surface area (TPSA) is 70.6 Å². The minimum Gasteiger partial charge on any atom is -0.379 e. The Kier molecular flexibility index (Phi) is 7.91. The molecule has 1 aliphatic heterocycles. The second kappa shape index (κ2) is 10.2. The molecule has 0 spiro atoms. The molecule has 134 valence electrons. The van der Waals surface area contributed by atoms with E-state index in [-0.39, 0.29) is 5.91 Å². The number of amides is 1. The largest absolute Gasteiger partial charge is 0.379 e. The highest BCUT2D eigenvalue weighted by Gasteiger charge is 2.16. The molecule has 1 aliphatic rings. The van der Waals surface area contributed by atoms with Crippen LogP contribution >= 0.6 is 0 Å². The highest BCUT2D eigenvalue weighted by Crippen LogP contribution is 2.06. The first-order valence-corrected chi connectivity index (χ1v) is 8.89. The Bertz CT molecular complexity index is 482. The maximum Gasteiger partial charge on any atom is 0.274 e. The number of anilines is 1. The number of ether oxygens (including phenoxy) is 1. The molecule has 1 aromatic rings. The van der Waals surface area contributed by atoms with Crippen molar-refractivity contribution in [3.63, 3.8) is 0 Å². The predicted octanol–water partition coefficient (Wildman–Crippen LogP) is 1.48. The van der Waals surface area contributed by atoms with Gasteiger partial charge >= 0.3 is 0 Å². The molecule has 24 heavy (non-hydrogen) atoms. The molecule has 7 heteroatoms. The van der Waals surface area contributed by atoms with Gasteiger partial charge in [-0.1, -0.05) is 13.8 Å². The van der Waals surface area contributed by atoms with Crippen molar-refractivity contribution < 1.29 is 9.53 Å². The van der Waals surface area contributed by atoms with E-state index in [0.717, 1.165) is 65.3 Å². The SMILES string of the molecule is CCCN(CCC)C(=O)c1cnc(NCCN2CCOCC2)cn1. The maximum absolute atomic E-state index is 12.4. The zero-order valence-corrected chi connectivity index (χ0v) is 14.8. The van der Waals surface area contributed by atoms with Gasteiger partial charge in [0.2, 0.25) is 0 Å². The van der Waals surface area contributed by atoms with Crippen LogP contribution in [0.25, 0.3) is 0 Å². The lowest BCUT2D eigenvalue weighted by molar-refractivity contribution is 0.0398. The number of nitrogens with zero attached hydrogens (tertiary/aromatic N) is 4. The lowest BCUT2D eigenvalue weighted by atomic mass is 10.3. The highest BCUT2D eigenvalue weighted by atomic mass is 16.5. The first-order valence-electron chi connectivity index (χ1n) is 8.89. The van der Waals surface area contributed by atoms with Crippen molar-refractivity contribution in [3.05, 3.63) is 18.1 Å². The zero-order chi connectivity index (χ0) is 17.2. The van der Waals surface area contributed by atoms with E-state index < -0.39 is 0 Å². The monoisotopic (exact) mass is 335 g/mol. The Morgan fingerprint density at radius 1 is 1.21 bits per heavy atom. The van der Waals surface area contributed by atoms with Crippen molar-refractivity contribution in [2.45, 2.75) is 26.7 Å². The molecule has 1 saturated heterocycles. The summed E-state index contributed by atoms with van der Waals surface area (Å²) in [7, 11) is 0. The van der Waals surface area contributed by atoms with Crippen molar-refractivity contribution in [1.82, 2.24) is 19.8 Å². The van der Waals surface area contributed by atoms with Crippen LogP contribution in [0.3, 0.4) is 0 Å². The van der Waals surface area contributed by atoms with Gasteiger partial charge in [0.1, 0.15) is 11.5 Å². The van der Waals surface area contributed by atoms with Crippen molar-refractivity contribution in [2.75, 3.05) is 57.8 Å². The zero-order valence-electron chi connectivity index (χ0n) is 14.8. The van der Waals surface area contributed by atoms with Gasteiger partial charge in [0.15, 0.2) is 0 Å². The van der Waals surface area contributed by atoms with Gasteiger partial charge in [-0.15, -0.1) is 0 Å². The van der Waals surface area contributed by atoms with Crippen molar-refractivity contribution in [3.8, 4) is 0 Å². The van der Waals surface area contributed by atoms with Gasteiger partial charge in [0.25, 0.3) is 5.91 Å². The quantitative estimate of drug-likeness (QED) is 0.737. The third kappa shape index (κ3) is 5.72. The summed E-state index contributed by atoms with van der Waals surface area (Å²) in [5.74, 6) is 0.670. The van der Waals surface area contributed by atoms with Crippen LogP contribution in [0, 0.1) is 0 Å². The molecule has 0 aromatic carbocycles. The number of rotatable bonds is 9. The summed E-state index contributed by atoms with van der Waals surface area (Å²) >= 11 is 0. The van der Waals surface area contributed by atoms with E-state index in [9.17, 15) is 4.79 Å². The van der Waals surface area contributed by atoms with Crippen LogP contribution in [0.1, 0.15) is 37.2 Å². The van der Waals surface area contributed by atoms with E-state index >= 15 is 0 Å². The molecular formula is C17H29N5O2. The molecule has 0 unspecified atom stereocenters. The van der Waals surface area contributed by atoms with Crippen molar-refractivity contribution >= 4 is 11.7 Å². The molecule has 2 rings (SSSR count). The minimum absolute atomic E-state index is 0.0360. The molecule has 1 N–H and O–H groups in total. The van der Waals surface area contributed by atoms with Crippen LogP contribution in [-0.4, -0.2) is 78.2 Å². The molecule has 1 fully saturated rings. The molecule has 0 aliphatic carbocycles.